The average Bonchev–Trinajstić information content (AvgIpc) is 2.29. The summed E-state index contributed by atoms with van der Waals surface area (Å²) in [7, 11) is -2.57. The van der Waals surface area contributed by atoms with Crippen molar-refractivity contribution >= 4 is 19.8 Å². The lowest BCUT2D eigenvalue weighted by Gasteiger charge is -2.26. The smallest absolute Gasteiger partial charge is 0.370 e. The van der Waals surface area contributed by atoms with Crippen LogP contribution in [0.15, 0.2) is 12.3 Å². The molecule has 3 nitrogen and oxygen atoms in total. The summed E-state index contributed by atoms with van der Waals surface area (Å²) in [5.41, 5.74) is 1.73. The lowest BCUT2D eigenvalue weighted by Crippen LogP contribution is -2.44. The number of hydrogen-bond donors (Lipinski definition) is 0. The van der Waals surface area contributed by atoms with Gasteiger partial charge < -0.3 is 13.3 Å². The minimum Gasteiger partial charge on any atom is -0.370 e. The van der Waals surface area contributed by atoms with Crippen LogP contribution in [0.2, 0.25) is 0 Å². The molecule has 16 heavy (non-hydrogen) atoms. The molecule has 0 atom stereocenters. The van der Waals surface area contributed by atoms with E-state index in [2.05, 4.69) is 27.4 Å². The molecular formula is C11H28O3Si2. The van der Waals surface area contributed by atoms with Crippen LogP contribution in [-0.2, 0) is 13.3 Å². The Kier molecular flexibility index (Phi) is 13.3. The van der Waals surface area contributed by atoms with Crippen LogP contribution >= 0.6 is 0 Å². The molecule has 98 valence electrons. The number of hydrogen-bond acceptors (Lipinski definition) is 3. The van der Waals surface area contributed by atoms with Crippen LogP contribution in [0.5, 0.6) is 0 Å². The van der Waals surface area contributed by atoms with Gasteiger partial charge in [0.25, 0.3) is 0 Å². The zero-order valence-electron chi connectivity index (χ0n) is 10.3. The predicted octanol–water partition coefficient (Wildman–Crippen LogP) is 1.48. The van der Waals surface area contributed by atoms with E-state index in [0.29, 0.717) is 19.8 Å². The van der Waals surface area contributed by atoms with Gasteiger partial charge in [-0.1, -0.05) is 27.4 Å². The molecule has 0 radical (unpaired) electrons. The topological polar surface area (TPSA) is 27.7 Å². The fourth-order valence-electron chi connectivity index (χ4n) is 1.03. The molecule has 0 aromatic carbocycles. The van der Waals surface area contributed by atoms with E-state index in [9.17, 15) is 0 Å². The summed E-state index contributed by atoms with van der Waals surface area (Å²) in [4.78, 5) is 0. The van der Waals surface area contributed by atoms with Gasteiger partial charge in [-0.3, -0.25) is 0 Å². The second-order valence-electron chi connectivity index (χ2n) is 3.35. The molecule has 0 bridgehead atoms. The Morgan fingerprint density at radius 1 is 0.875 bits per heavy atom. The van der Waals surface area contributed by atoms with Crippen molar-refractivity contribution in [3.05, 3.63) is 12.3 Å². The first-order valence-electron chi connectivity index (χ1n) is 5.80. The molecule has 0 N–H and O–H groups in total. The third-order valence-corrected chi connectivity index (χ3v) is 4.09. The molecule has 0 fully saturated rings. The van der Waals surface area contributed by atoms with E-state index in [1.807, 2.05) is 0 Å². The van der Waals surface area contributed by atoms with Crippen molar-refractivity contribution in [1.82, 2.24) is 0 Å². The summed E-state index contributed by atoms with van der Waals surface area (Å²) >= 11 is 0. The van der Waals surface area contributed by atoms with E-state index < -0.39 is 8.80 Å². The first-order chi connectivity index (χ1) is 7.24. The Morgan fingerprint density at radius 3 is 1.38 bits per heavy atom. The lowest BCUT2D eigenvalue weighted by molar-refractivity contribution is 0.0717. The molecular weight excluding hydrogens is 236 g/mol. The summed E-state index contributed by atoms with van der Waals surface area (Å²) in [6, 6.07) is 0. The summed E-state index contributed by atoms with van der Waals surface area (Å²) in [6.45, 7) is 12.0. The van der Waals surface area contributed by atoms with Gasteiger partial charge in [-0.05, 0) is 35.9 Å². The van der Waals surface area contributed by atoms with Gasteiger partial charge in [0, 0.05) is 19.8 Å². The third kappa shape index (κ3) is 7.35. The molecule has 0 rings (SSSR count). The third-order valence-electron chi connectivity index (χ3n) is 1.77. The minimum absolute atomic E-state index is 0. The largest absolute Gasteiger partial charge is 0.529 e. The second kappa shape index (κ2) is 11.5. The van der Waals surface area contributed by atoms with Crippen molar-refractivity contribution in [2.45, 2.75) is 40.0 Å². The van der Waals surface area contributed by atoms with Gasteiger partial charge in [0.15, 0.2) is 0 Å². The van der Waals surface area contributed by atoms with Crippen LogP contribution in [0.1, 0.15) is 40.0 Å². The summed E-state index contributed by atoms with van der Waals surface area (Å²) in [5.74, 6) is 0. The fraction of sp³-hybridized carbons (Fsp3) is 0.818. The van der Waals surface area contributed by atoms with Crippen LogP contribution in [-0.4, -0.2) is 39.6 Å². The normalized spacial score (nSPS) is 10.9. The molecule has 0 saturated heterocycles. The van der Waals surface area contributed by atoms with Crippen molar-refractivity contribution in [3.63, 3.8) is 0 Å². The molecule has 0 aliphatic rings. The van der Waals surface area contributed by atoms with Gasteiger partial charge in [-0.15, -0.1) is 0 Å². The zero-order chi connectivity index (χ0) is 11.6. The SMILES string of the molecule is C=C[Si](OCCC)(OCCC)OCCC.[SiH4]. The van der Waals surface area contributed by atoms with Crippen molar-refractivity contribution < 1.29 is 13.3 Å². The van der Waals surface area contributed by atoms with Crippen molar-refractivity contribution in [2.24, 2.45) is 0 Å². The molecule has 5 heteroatoms. The molecule has 0 spiro atoms. The van der Waals surface area contributed by atoms with Gasteiger partial charge in [0.05, 0.1) is 0 Å². The summed E-state index contributed by atoms with van der Waals surface area (Å²) in [6.07, 6.45) is 2.90. The maximum atomic E-state index is 5.71. The maximum absolute atomic E-state index is 5.71. The highest BCUT2D eigenvalue weighted by Crippen LogP contribution is 2.12. The van der Waals surface area contributed by atoms with Crippen molar-refractivity contribution in [3.8, 4) is 0 Å². The molecule has 0 aliphatic heterocycles. The highest BCUT2D eigenvalue weighted by atomic mass is 28.4. The molecule has 0 amide bonds. The Morgan fingerprint density at radius 2 is 1.19 bits per heavy atom. The molecule has 0 aliphatic carbocycles. The zero-order valence-corrected chi connectivity index (χ0v) is 11.3. The van der Waals surface area contributed by atoms with Crippen LogP contribution in [0.4, 0.5) is 0 Å². The van der Waals surface area contributed by atoms with Crippen molar-refractivity contribution in [1.29, 1.82) is 0 Å². The summed E-state index contributed by atoms with van der Waals surface area (Å²) in [5, 5.41) is 0. The Bertz CT molecular complexity index is 144. The van der Waals surface area contributed by atoms with E-state index in [4.69, 9.17) is 13.3 Å². The van der Waals surface area contributed by atoms with Gasteiger partial charge in [-0.25, -0.2) is 0 Å². The average molecular weight is 265 g/mol. The highest BCUT2D eigenvalue weighted by molar-refractivity contribution is 6.66. The first-order valence-corrected chi connectivity index (χ1v) is 7.60. The van der Waals surface area contributed by atoms with Crippen LogP contribution in [0.3, 0.4) is 0 Å². The van der Waals surface area contributed by atoms with Gasteiger partial charge >= 0.3 is 8.80 Å². The summed E-state index contributed by atoms with van der Waals surface area (Å²) < 4.78 is 17.1. The number of rotatable bonds is 10. The van der Waals surface area contributed by atoms with E-state index in [1.54, 1.807) is 5.70 Å². The van der Waals surface area contributed by atoms with Crippen LogP contribution in [0.25, 0.3) is 0 Å². The Balaban J connectivity index is 0. The molecule has 0 unspecified atom stereocenters. The highest BCUT2D eigenvalue weighted by Gasteiger charge is 2.37. The molecule has 0 saturated carbocycles. The van der Waals surface area contributed by atoms with E-state index in [1.165, 1.54) is 0 Å². The quantitative estimate of drug-likeness (QED) is 0.559. The van der Waals surface area contributed by atoms with Gasteiger partial charge in [0.2, 0.25) is 0 Å². The lowest BCUT2D eigenvalue weighted by atomic mass is 10.5. The van der Waals surface area contributed by atoms with Crippen LogP contribution < -0.4 is 0 Å². The Hall–Kier alpha value is 0.0538. The van der Waals surface area contributed by atoms with E-state index in [-0.39, 0.29) is 11.0 Å². The second-order valence-corrected chi connectivity index (χ2v) is 5.83. The van der Waals surface area contributed by atoms with Crippen LogP contribution in [0, 0.1) is 0 Å². The van der Waals surface area contributed by atoms with Gasteiger partial charge in [-0.2, -0.15) is 0 Å². The molecule has 0 aromatic rings. The van der Waals surface area contributed by atoms with Crippen molar-refractivity contribution in [2.75, 3.05) is 19.8 Å². The predicted molar refractivity (Wildman–Crippen MR) is 76.0 cm³/mol. The van der Waals surface area contributed by atoms with Gasteiger partial charge in [0.1, 0.15) is 0 Å². The minimum atomic E-state index is -2.57. The molecule has 0 heterocycles. The first kappa shape index (κ1) is 18.4. The van der Waals surface area contributed by atoms with E-state index >= 15 is 0 Å². The maximum Gasteiger partial charge on any atom is 0.529 e. The van der Waals surface area contributed by atoms with E-state index in [0.717, 1.165) is 19.3 Å². The standard InChI is InChI=1S/C11H24O3Si.H4Si/c1-5-9-12-15(8-4,13-10-6-2)14-11-7-3;/h8H,4-7,9-11H2,1-3H3;1H4. The monoisotopic (exact) mass is 264 g/mol. The fourth-order valence-corrected chi connectivity index (χ4v) is 3.10. The molecule has 0 aromatic heterocycles. The Labute approximate surface area is 106 Å².